The second kappa shape index (κ2) is 7.64. The predicted octanol–water partition coefficient (Wildman–Crippen LogP) is 5.24. The Labute approximate surface area is 176 Å². The van der Waals surface area contributed by atoms with Crippen molar-refractivity contribution >= 4 is 23.1 Å². The van der Waals surface area contributed by atoms with E-state index in [9.17, 15) is 14.7 Å². The van der Waals surface area contributed by atoms with Gasteiger partial charge in [0, 0.05) is 11.3 Å². The normalized spacial score (nSPS) is 18.1. The number of nitrogens with zero attached hydrogens (tertiary/aromatic N) is 1. The lowest BCUT2D eigenvalue weighted by molar-refractivity contribution is -0.132. The molecular formula is C26H23NO3. The van der Waals surface area contributed by atoms with Crippen LogP contribution in [0, 0.1) is 20.8 Å². The summed E-state index contributed by atoms with van der Waals surface area (Å²) in [5, 5.41) is 11.2. The summed E-state index contributed by atoms with van der Waals surface area (Å²) in [4.78, 5) is 27.7. The monoisotopic (exact) mass is 397 g/mol. The summed E-state index contributed by atoms with van der Waals surface area (Å²) in [7, 11) is 0. The third-order valence-electron chi connectivity index (χ3n) is 5.52. The fourth-order valence-corrected chi connectivity index (χ4v) is 3.89. The molecule has 150 valence electrons. The zero-order chi connectivity index (χ0) is 21.4. The van der Waals surface area contributed by atoms with Gasteiger partial charge in [-0.2, -0.15) is 0 Å². The van der Waals surface area contributed by atoms with Crippen LogP contribution in [0.4, 0.5) is 5.69 Å². The fraction of sp³-hybridized carbons (Fsp3) is 0.154. The molecule has 1 fully saturated rings. The topological polar surface area (TPSA) is 57.6 Å². The summed E-state index contributed by atoms with van der Waals surface area (Å²) < 4.78 is 0. The number of carbonyl (C=O) groups excluding carboxylic acids is 2. The summed E-state index contributed by atoms with van der Waals surface area (Å²) in [6.45, 7) is 5.77. The van der Waals surface area contributed by atoms with Crippen LogP contribution in [-0.2, 0) is 9.59 Å². The van der Waals surface area contributed by atoms with Crippen LogP contribution in [0.25, 0.3) is 5.76 Å². The lowest BCUT2D eigenvalue weighted by Gasteiger charge is -2.25. The molecule has 1 unspecified atom stereocenters. The van der Waals surface area contributed by atoms with Crippen molar-refractivity contribution in [3.8, 4) is 0 Å². The number of aliphatic hydroxyl groups excluding tert-OH is 1. The van der Waals surface area contributed by atoms with Crippen LogP contribution in [-0.4, -0.2) is 16.8 Å². The molecule has 30 heavy (non-hydrogen) atoms. The Morgan fingerprint density at radius 3 is 2.13 bits per heavy atom. The third kappa shape index (κ3) is 3.30. The lowest BCUT2D eigenvalue weighted by Crippen LogP contribution is -2.29. The van der Waals surface area contributed by atoms with Crippen molar-refractivity contribution in [3.05, 3.63) is 106 Å². The quantitative estimate of drug-likeness (QED) is 0.374. The number of carbonyl (C=O) groups is 2. The maximum atomic E-state index is 13.1. The van der Waals surface area contributed by atoms with E-state index in [1.54, 1.807) is 0 Å². The highest BCUT2D eigenvalue weighted by molar-refractivity contribution is 6.51. The van der Waals surface area contributed by atoms with Crippen LogP contribution in [0.2, 0.25) is 0 Å². The first-order chi connectivity index (χ1) is 14.4. The van der Waals surface area contributed by atoms with E-state index >= 15 is 0 Å². The van der Waals surface area contributed by atoms with Crippen molar-refractivity contribution in [1.29, 1.82) is 0 Å². The average Bonchev–Trinajstić information content (AvgIpc) is 3.01. The number of benzene rings is 3. The molecule has 1 amide bonds. The lowest BCUT2D eigenvalue weighted by atomic mass is 9.93. The van der Waals surface area contributed by atoms with E-state index in [2.05, 4.69) is 0 Å². The zero-order valence-electron chi connectivity index (χ0n) is 17.2. The largest absolute Gasteiger partial charge is 0.507 e. The van der Waals surface area contributed by atoms with Crippen LogP contribution in [0.15, 0.2) is 78.4 Å². The van der Waals surface area contributed by atoms with E-state index in [0.29, 0.717) is 11.3 Å². The minimum Gasteiger partial charge on any atom is -0.507 e. The Hall–Kier alpha value is -3.66. The minimum atomic E-state index is -0.700. The van der Waals surface area contributed by atoms with Crippen molar-refractivity contribution in [2.75, 3.05) is 4.90 Å². The molecule has 3 aromatic rings. The van der Waals surface area contributed by atoms with E-state index in [1.165, 1.54) is 4.90 Å². The molecule has 0 aliphatic carbocycles. The number of rotatable bonds is 3. The Kier molecular flexibility index (Phi) is 5.00. The van der Waals surface area contributed by atoms with Crippen LogP contribution >= 0.6 is 0 Å². The zero-order valence-corrected chi connectivity index (χ0v) is 17.2. The number of hydrogen-bond acceptors (Lipinski definition) is 3. The molecule has 0 saturated carbocycles. The Balaban J connectivity index is 1.97. The first-order valence-corrected chi connectivity index (χ1v) is 9.88. The molecule has 0 aromatic heterocycles. The second-order valence-electron chi connectivity index (χ2n) is 7.73. The fourth-order valence-electron chi connectivity index (χ4n) is 3.89. The molecular weight excluding hydrogens is 374 g/mol. The first kappa shape index (κ1) is 19.6. The molecule has 1 aliphatic heterocycles. The van der Waals surface area contributed by atoms with Gasteiger partial charge in [0.05, 0.1) is 11.6 Å². The molecule has 1 atom stereocenters. The summed E-state index contributed by atoms with van der Waals surface area (Å²) in [5.41, 5.74) is 4.93. The van der Waals surface area contributed by atoms with Gasteiger partial charge in [-0.3, -0.25) is 14.5 Å². The van der Waals surface area contributed by atoms with Gasteiger partial charge in [0.15, 0.2) is 0 Å². The minimum absolute atomic E-state index is 0.112. The highest BCUT2D eigenvalue weighted by atomic mass is 16.3. The van der Waals surface area contributed by atoms with Crippen LogP contribution in [0.5, 0.6) is 0 Å². The SMILES string of the molecule is Cc1ccc(N2C(=O)C(=O)/C(=C(/O)c3cc(C)ccc3C)C2c2ccccc2)cc1. The Morgan fingerprint density at radius 2 is 1.47 bits per heavy atom. The van der Waals surface area contributed by atoms with E-state index in [-0.39, 0.29) is 11.3 Å². The summed E-state index contributed by atoms with van der Waals surface area (Å²) in [6, 6.07) is 21.8. The molecule has 4 rings (SSSR count). The molecule has 1 saturated heterocycles. The van der Waals surface area contributed by atoms with Crippen LogP contribution < -0.4 is 4.90 Å². The van der Waals surface area contributed by atoms with E-state index in [0.717, 1.165) is 22.3 Å². The maximum absolute atomic E-state index is 13.1. The standard InChI is InChI=1S/C26H23NO3/c1-16-10-13-20(14-11-16)27-23(19-7-5-4-6-8-19)22(25(29)26(27)30)24(28)21-15-17(2)9-12-18(21)3/h4-15,23,28H,1-3H3/b24-22+. The molecule has 0 radical (unpaired) electrons. The number of hydrogen-bond donors (Lipinski definition) is 1. The number of ketones is 1. The smallest absolute Gasteiger partial charge is 0.300 e. The van der Waals surface area contributed by atoms with E-state index in [1.807, 2.05) is 93.6 Å². The maximum Gasteiger partial charge on any atom is 0.300 e. The van der Waals surface area contributed by atoms with Crippen molar-refractivity contribution in [3.63, 3.8) is 0 Å². The molecule has 1 aliphatic rings. The van der Waals surface area contributed by atoms with Gasteiger partial charge in [0.1, 0.15) is 5.76 Å². The Bertz CT molecular complexity index is 1160. The van der Waals surface area contributed by atoms with Gasteiger partial charge in [-0.1, -0.05) is 65.7 Å². The van der Waals surface area contributed by atoms with Crippen molar-refractivity contribution in [1.82, 2.24) is 0 Å². The van der Waals surface area contributed by atoms with Gasteiger partial charge in [-0.15, -0.1) is 0 Å². The summed E-state index contributed by atoms with van der Waals surface area (Å²) >= 11 is 0. The van der Waals surface area contributed by atoms with Gasteiger partial charge in [0.2, 0.25) is 0 Å². The second-order valence-corrected chi connectivity index (χ2v) is 7.73. The number of Topliss-reactive ketones (excluding diaryl/α,β-unsaturated/α-hetero) is 1. The molecule has 3 aromatic carbocycles. The average molecular weight is 397 g/mol. The highest BCUT2D eigenvalue weighted by Gasteiger charge is 2.47. The van der Waals surface area contributed by atoms with Crippen molar-refractivity contribution in [2.24, 2.45) is 0 Å². The molecule has 0 bridgehead atoms. The first-order valence-electron chi connectivity index (χ1n) is 9.88. The third-order valence-corrected chi connectivity index (χ3v) is 5.52. The molecule has 1 heterocycles. The molecule has 4 heteroatoms. The summed E-state index contributed by atoms with van der Waals surface area (Å²) in [6.07, 6.45) is 0. The van der Waals surface area contributed by atoms with Gasteiger partial charge < -0.3 is 5.11 Å². The number of aliphatic hydroxyl groups is 1. The predicted molar refractivity (Wildman–Crippen MR) is 118 cm³/mol. The van der Waals surface area contributed by atoms with Gasteiger partial charge in [-0.25, -0.2) is 0 Å². The van der Waals surface area contributed by atoms with Crippen molar-refractivity contribution < 1.29 is 14.7 Å². The Morgan fingerprint density at radius 1 is 0.833 bits per heavy atom. The van der Waals surface area contributed by atoms with E-state index in [4.69, 9.17) is 0 Å². The summed E-state index contributed by atoms with van der Waals surface area (Å²) in [5.74, 6) is -1.46. The number of aryl methyl sites for hydroxylation is 3. The van der Waals surface area contributed by atoms with Crippen LogP contribution in [0.1, 0.15) is 33.9 Å². The van der Waals surface area contributed by atoms with Crippen molar-refractivity contribution in [2.45, 2.75) is 26.8 Å². The van der Waals surface area contributed by atoms with Gasteiger partial charge in [0.25, 0.3) is 11.7 Å². The van der Waals surface area contributed by atoms with Gasteiger partial charge >= 0.3 is 0 Å². The number of amides is 1. The van der Waals surface area contributed by atoms with E-state index < -0.39 is 17.7 Å². The highest BCUT2D eigenvalue weighted by Crippen LogP contribution is 2.42. The number of anilines is 1. The molecule has 0 spiro atoms. The molecule has 1 N–H and O–H groups in total. The van der Waals surface area contributed by atoms with Gasteiger partial charge in [-0.05, 0) is 50.1 Å². The van der Waals surface area contributed by atoms with Crippen LogP contribution in [0.3, 0.4) is 0 Å². The molecule has 4 nitrogen and oxygen atoms in total.